The van der Waals surface area contributed by atoms with Gasteiger partial charge in [-0.2, -0.15) is 0 Å². The second kappa shape index (κ2) is 5.39. The number of carbonyl (C=O) groups excluding carboxylic acids is 1. The maximum atomic E-state index is 11.9. The molecule has 2 rings (SSSR count). The van der Waals surface area contributed by atoms with Crippen LogP contribution in [0.25, 0.3) is 0 Å². The lowest BCUT2D eigenvalue weighted by atomic mass is 10.2. The highest BCUT2D eigenvalue weighted by Crippen LogP contribution is 2.18. The van der Waals surface area contributed by atoms with Crippen LogP contribution in [-0.4, -0.2) is 34.6 Å². The number of hydrogen-bond acceptors (Lipinski definition) is 3. The monoisotopic (exact) mass is 268 g/mol. The second-order valence-corrected chi connectivity index (χ2v) is 5.73. The molecule has 0 saturated carbocycles. The molecule has 2 N–H and O–H groups in total. The minimum atomic E-state index is -0.922. The van der Waals surface area contributed by atoms with Crippen LogP contribution in [0.15, 0.2) is 12.1 Å². The Labute approximate surface area is 109 Å². The molecule has 1 aromatic heterocycles. The Morgan fingerprint density at radius 3 is 2.94 bits per heavy atom. The maximum absolute atomic E-state index is 11.9. The summed E-state index contributed by atoms with van der Waals surface area (Å²) in [4.78, 5) is 26.6. The molecule has 2 amide bonds. The first-order valence-corrected chi connectivity index (χ1v) is 6.72. The Morgan fingerprint density at radius 1 is 1.56 bits per heavy atom. The van der Waals surface area contributed by atoms with Crippen LogP contribution < -0.4 is 5.32 Å². The largest absolute Gasteiger partial charge is 0.480 e. The van der Waals surface area contributed by atoms with Gasteiger partial charge in [0.05, 0.1) is 6.54 Å². The Balaban J connectivity index is 1.89. The SMILES string of the molecule is Cc1ccc(CNC(=O)N2CCC[C@@H]2C(=O)O)s1. The highest BCUT2D eigenvalue weighted by Gasteiger charge is 2.33. The highest BCUT2D eigenvalue weighted by molar-refractivity contribution is 7.11. The zero-order chi connectivity index (χ0) is 13.1. The molecule has 0 aromatic carbocycles. The van der Waals surface area contributed by atoms with Gasteiger partial charge in [-0.05, 0) is 31.9 Å². The molecule has 2 heterocycles. The van der Waals surface area contributed by atoms with Crippen LogP contribution in [0.4, 0.5) is 4.79 Å². The number of carboxylic acid groups (broad SMARTS) is 1. The molecule has 1 saturated heterocycles. The van der Waals surface area contributed by atoms with Gasteiger partial charge in [0.2, 0.25) is 0 Å². The first kappa shape index (κ1) is 12.9. The third-order valence-corrected chi connectivity index (χ3v) is 4.01. The minimum Gasteiger partial charge on any atom is -0.480 e. The van der Waals surface area contributed by atoms with Crippen LogP contribution in [0.2, 0.25) is 0 Å². The van der Waals surface area contributed by atoms with Crippen molar-refractivity contribution in [1.29, 1.82) is 0 Å². The topological polar surface area (TPSA) is 69.6 Å². The standard InChI is InChI=1S/C12H16N2O3S/c1-8-4-5-9(18-8)7-13-12(17)14-6-2-3-10(14)11(15)16/h4-5,10H,2-3,6-7H2,1H3,(H,13,17)(H,15,16)/t10-/m1/s1. The van der Waals surface area contributed by atoms with E-state index in [2.05, 4.69) is 5.32 Å². The Bertz CT molecular complexity index is 458. The van der Waals surface area contributed by atoms with Crippen molar-refractivity contribution < 1.29 is 14.7 Å². The summed E-state index contributed by atoms with van der Waals surface area (Å²) in [5.41, 5.74) is 0. The summed E-state index contributed by atoms with van der Waals surface area (Å²) < 4.78 is 0. The van der Waals surface area contributed by atoms with Gasteiger partial charge >= 0.3 is 12.0 Å². The summed E-state index contributed by atoms with van der Waals surface area (Å²) in [5, 5.41) is 11.8. The maximum Gasteiger partial charge on any atom is 0.326 e. The van der Waals surface area contributed by atoms with Gasteiger partial charge in [-0.1, -0.05) is 0 Å². The first-order valence-electron chi connectivity index (χ1n) is 5.90. The fraction of sp³-hybridized carbons (Fsp3) is 0.500. The van der Waals surface area contributed by atoms with Gasteiger partial charge in [-0.15, -0.1) is 11.3 Å². The number of rotatable bonds is 3. The van der Waals surface area contributed by atoms with E-state index >= 15 is 0 Å². The van der Waals surface area contributed by atoms with E-state index in [1.165, 1.54) is 9.78 Å². The van der Waals surface area contributed by atoms with Gasteiger partial charge < -0.3 is 15.3 Å². The van der Waals surface area contributed by atoms with Gasteiger partial charge in [0, 0.05) is 16.3 Å². The predicted octanol–water partition coefficient (Wildman–Crippen LogP) is 1.82. The molecule has 1 fully saturated rings. The molecule has 6 heteroatoms. The number of urea groups is 1. The van der Waals surface area contributed by atoms with E-state index < -0.39 is 12.0 Å². The van der Waals surface area contributed by atoms with E-state index in [1.807, 2.05) is 19.1 Å². The van der Waals surface area contributed by atoms with Crippen LogP contribution in [0.3, 0.4) is 0 Å². The molecule has 1 aromatic rings. The summed E-state index contributed by atoms with van der Waals surface area (Å²) in [5.74, 6) is -0.922. The molecule has 0 radical (unpaired) electrons. The number of thiophene rings is 1. The predicted molar refractivity (Wildman–Crippen MR) is 68.7 cm³/mol. The Hall–Kier alpha value is -1.56. The highest BCUT2D eigenvalue weighted by atomic mass is 32.1. The molecule has 1 aliphatic rings. The molecule has 1 aliphatic heterocycles. The normalized spacial score (nSPS) is 18.9. The van der Waals surface area contributed by atoms with Crippen molar-refractivity contribution in [3.05, 3.63) is 21.9 Å². The van der Waals surface area contributed by atoms with E-state index in [0.717, 1.165) is 11.3 Å². The Morgan fingerprint density at radius 2 is 2.33 bits per heavy atom. The number of aryl methyl sites for hydroxylation is 1. The lowest BCUT2D eigenvalue weighted by Crippen LogP contribution is -2.45. The van der Waals surface area contributed by atoms with Gasteiger partial charge in [0.25, 0.3) is 0 Å². The van der Waals surface area contributed by atoms with E-state index in [4.69, 9.17) is 5.11 Å². The minimum absolute atomic E-state index is 0.286. The van der Waals surface area contributed by atoms with E-state index in [9.17, 15) is 9.59 Å². The molecule has 0 unspecified atom stereocenters. The van der Waals surface area contributed by atoms with E-state index in [-0.39, 0.29) is 6.03 Å². The quantitative estimate of drug-likeness (QED) is 0.878. The van der Waals surface area contributed by atoms with Crippen molar-refractivity contribution >= 4 is 23.3 Å². The van der Waals surface area contributed by atoms with Crippen molar-refractivity contribution in [1.82, 2.24) is 10.2 Å². The summed E-state index contributed by atoms with van der Waals surface area (Å²) in [6.45, 7) is 2.99. The molecule has 5 nitrogen and oxygen atoms in total. The van der Waals surface area contributed by atoms with Gasteiger partial charge in [0.15, 0.2) is 0 Å². The molecule has 1 atom stereocenters. The second-order valence-electron chi connectivity index (χ2n) is 4.36. The molecular formula is C12H16N2O3S. The average Bonchev–Trinajstić information content (AvgIpc) is 2.94. The van der Waals surface area contributed by atoms with Gasteiger partial charge in [0.1, 0.15) is 6.04 Å². The number of nitrogens with one attached hydrogen (secondary N) is 1. The van der Waals surface area contributed by atoms with E-state index in [1.54, 1.807) is 11.3 Å². The number of carboxylic acids is 1. The zero-order valence-corrected chi connectivity index (χ0v) is 11.0. The van der Waals surface area contributed by atoms with Crippen molar-refractivity contribution in [3.8, 4) is 0 Å². The van der Waals surface area contributed by atoms with Crippen molar-refractivity contribution in [2.24, 2.45) is 0 Å². The Kier molecular flexibility index (Phi) is 3.86. The molecule has 0 bridgehead atoms. The number of hydrogen-bond donors (Lipinski definition) is 2. The first-order chi connectivity index (χ1) is 8.58. The zero-order valence-electron chi connectivity index (χ0n) is 10.2. The van der Waals surface area contributed by atoms with E-state index in [0.29, 0.717) is 19.5 Å². The summed E-state index contributed by atoms with van der Waals surface area (Å²) in [7, 11) is 0. The molecular weight excluding hydrogens is 252 g/mol. The van der Waals surface area contributed by atoms with Crippen LogP contribution in [0.5, 0.6) is 0 Å². The summed E-state index contributed by atoms with van der Waals surface area (Å²) in [6, 6.07) is 3.02. The van der Waals surface area contributed by atoms with Crippen molar-refractivity contribution in [3.63, 3.8) is 0 Å². The molecule has 0 aliphatic carbocycles. The smallest absolute Gasteiger partial charge is 0.326 e. The van der Waals surface area contributed by atoms with Crippen LogP contribution >= 0.6 is 11.3 Å². The van der Waals surface area contributed by atoms with Gasteiger partial charge in [-0.3, -0.25) is 0 Å². The number of aliphatic carboxylic acids is 1. The number of amides is 2. The third-order valence-electron chi connectivity index (χ3n) is 3.01. The molecule has 98 valence electrons. The average molecular weight is 268 g/mol. The number of carbonyl (C=O) groups is 2. The van der Waals surface area contributed by atoms with Crippen molar-refractivity contribution in [2.75, 3.05) is 6.54 Å². The summed E-state index contributed by atoms with van der Waals surface area (Å²) >= 11 is 1.63. The van der Waals surface area contributed by atoms with Gasteiger partial charge in [-0.25, -0.2) is 9.59 Å². The lowest BCUT2D eigenvalue weighted by Gasteiger charge is -2.21. The van der Waals surface area contributed by atoms with Crippen LogP contribution in [0.1, 0.15) is 22.6 Å². The molecule has 0 spiro atoms. The van der Waals surface area contributed by atoms with Crippen molar-refractivity contribution in [2.45, 2.75) is 32.4 Å². The summed E-state index contributed by atoms with van der Waals surface area (Å²) in [6.07, 6.45) is 1.30. The van der Waals surface area contributed by atoms with Crippen LogP contribution in [-0.2, 0) is 11.3 Å². The number of likely N-dealkylation sites (tertiary alicyclic amines) is 1. The fourth-order valence-corrected chi connectivity index (χ4v) is 2.94. The van der Waals surface area contributed by atoms with Crippen LogP contribution in [0, 0.1) is 6.92 Å². The third kappa shape index (κ3) is 2.81. The fourth-order valence-electron chi connectivity index (χ4n) is 2.11. The lowest BCUT2D eigenvalue weighted by molar-refractivity contribution is -0.141. The number of nitrogens with zero attached hydrogens (tertiary/aromatic N) is 1. The molecule has 18 heavy (non-hydrogen) atoms.